The molecule has 0 unspecified atom stereocenters. The number of halogens is 1. The average Bonchev–Trinajstić information content (AvgIpc) is 2.68. The van der Waals surface area contributed by atoms with Crippen LogP contribution >= 0.6 is 24.0 Å². The summed E-state index contributed by atoms with van der Waals surface area (Å²) in [4.78, 5) is 4.55. The SMILES string of the molecule is CCNC(=NCCc1cccc(OC)c1O)NCCOc1ccc(C)cc1.I. The number of methoxy groups -OCH3 is 1. The third kappa shape index (κ3) is 7.84. The predicted molar refractivity (Wildman–Crippen MR) is 124 cm³/mol. The molecule has 0 heterocycles. The summed E-state index contributed by atoms with van der Waals surface area (Å²) in [5.41, 5.74) is 2.03. The van der Waals surface area contributed by atoms with E-state index < -0.39 is 0 Å². The van der Waals surface area contributed by atoms with Crippen molar-refractivity contribution in [1.29, 1.82) is 0 Å². The molecule has 0 aromatic heterocycles. The van der Waals surface area contributed by atoms with Gasteiger partial charge in [0, 0.05) is 13.1 Å². The number of aryl methyl sites for hydroxylation is 1. The highest BCUT2D eigenvalue weighted by Crippen LogP contribution is 2.29. The minimum Gasteiger partial charge on any atom is -0.504 e. The monoisotopic (exact) mass is 499 g/mol. The van der Waals surface area contributed by atoms with E-state index in [1.54, 1.807) is 13.2 Å². The molecular formula is C21H30IN3O3. The van der Waals surface area contributed by atoms with Gasteiger partial charge in [0.1, 0.15) is 12.4 Å². The first-order chi connectivity index (χ1) is 13.1. The summed E-state index contributed by atoms with van der Waals surface area (Å²) >= 11 is 0. The van der Waals surface area contributed by atoms with Crippen LogP contribution in [0, 0.1) is 6.92 Å². The summed E-state index contributed by atoms with van der Waals surface area (Å²) in [5.74, 6) is 2.25. The highest BCUT2D eigenvalue weighted by Gasteiger charge is 2.06. The molecule has 0 radical (unpaired) electrons. The molecule has 2 aromatic rings. The van der Waals surface area contributed by atoms with Gasteiger partial charge < -0.3 is 25.2 Å². The second-order valence-corrected chi connectivity index (χ2v) is 6.07. The number of guanidine groups is 1. The number of phenols is 1. The lowest BCUT2D eigenvalue weighted by molar-refractivity contribution is 0.322. The summed E-state index contributed by atoms with van der Waals surface area (Å²) in [5, 5.41) is 16.6. The third-order valence-corrected chi connectivity index (χ3v) is 3.98. The van der Waals surface area contributed by atoms with Crippen LogP contribution in [0.15, 0.2) is 47.5 Å². The maximum atomic E-state index is 10.1. The van der Waals surface area contributed by atoms with Gasteiger partial charge in [0.15, 0.2) is 17.5 Å². The summed E-state index contributed by atoms with van der Waals surface area (Å²) in [6.07, 6.45) is 0.624. The Morgan fingerprint density at radius 3 is 2.54 bits per heavy atom. The van der Waals surface area contributed by atoms with Gasteiger partial charge >= 0.3 is 0 Å². The molecule has 0 aliphatic carbocycles. The van der Waals surface area contributed by atoms with Crippen LogP contribution in [0.4, 0.5) is 0 Å². The molecule has 7 heteroatoms. The second-order valence-electron chi connectivity index (χ2n) is 6.07. The number of benzene rings is 2. The zero-order valence-corrected chi connectivity index (χ0v) is 19.0. The molecule has 154 valence electrons. The van der Waals surface area contributed by atoms with Crippen LogP contribution in [0.2, 0.25) is 0 Å². The van der Waals surface area contributed by atoms with E-state index in [2.05, 4.69) is 22.5 Å². The predicted octanol–water partition coefficient (Wildman–Crippen LogP) is 3.50. The Morgan fingerprint density at radius 1 is 1.11 bits per heavy atom. The Labute approximate surface area is 184 Å². The van der Waals surface area contributed by atoms with Crippen molar-refractivity contribution in [2.24, 2.45) is 4.99 Å². The fourth-order valence-corrected chi connectivity index (χ4v) is 2.54. The van der Waals surface area contributed by atoms with E-state index in [1.165, 1.54) is 5.56 Å². The van der Waals surface area contributed by atoms with Crippen LogP contribution in [0.25, 0.3) is 0 Å². The Bertz CT molecular complexity index is 736. The second kappa shape index (κ2) is 13.1. The van der Waals surface area contributed by atoms with Gasteiger partial charge in [-0.05, 0) is 44.0 Å². The average molecular weight is 499 g/mol. The molecule has 0 saturated carbocycles. The third-order valence-electron chi connectivity index (χ3n) is 3.98. The number of aromatic hydroxyl groups is 1. The molecule has 2 aromatic carbocycles. The smallest absolute Gasteiger partial charge is 0.191 e. The minimum absolute atomic E-state index is 0. The Balaban J connectivity index is 0.00000392. The normalized spacial score (nSPS) is 10.8. The van der Waals surface area contributed by atoms with E-state index in [9.17, 15) is 5.11 Å². The van der Waals surface area contributed by atoms with Gasteiger partial charge in [-0.25, -0.2) is 0 Å². The summed E-state index contributed by atoms with van der Waals surface area (Å²) < 4.78 is 10.8. The number of aliphatic imine (C=N–C) groups is 1. The Morgan fingerprint density at radius 2 is 1.86 bits per heavy atom. The first kappa shape index (κ1) is 23.9. The van der Waals surface area contributed by atoms with Gasteiger partial charge in [0.2, 0.25) is 0 Å². The summed E-state index contributed by atoms with van der Waals surface area (Å²) in [7, 11) is 1.54. The molecule has 0 atom stereocenters. The zero-order chi connectivity index (χ0) is 19.5. The molecule has 0 spiro atoms. The van der Waals surface area contributed by atoms with Gasteiger partial charge in [0.05, 0.1) is 13.7 Å². The zero-order valence-electron chi connectivity index (χ0n) is 16.7. The van der Waals surface area contributed by atoms with Crippen molar-refractivity contribution in [2.75, 3.05) is 33.4 Å². The first-order valence-corrected chi connectivity index (χ1v) is 9.20. The number of nitrogens with zero attached hydrogens (tertiary/aromatic N) is 1. The van der Waals surface area contributed by atoms with Crippen molar-refractivity contribution >= 4 is 29.9 Å². The first-order valence-electron chi connectivity index (χ1n) is 9.20. The lowest BCUT2D eigenvalue weighted by atomic mass is 10.1. The maximum Gasteiger partial charge on any atom is 0.191 e. The van der Waals surface area contributed by atoms with Crippen molar-refractivity contribution in [2.45, 2.75) is 20.3 Å². The highest BCUT2D eigenvalue weighted by molar-refractivity contribution is 14.0. The van der Waals surface area contributed by atoms with Crippen LogP contribution < -0.4 is 20.1 Å². The fraction of sp³-hybridized carbons (Fsp3) is 0.381. The molecule has 28 heavy (non-hydrogen) atoms. The molecule has 0 aliphatic rings. The molecule has 0 bridgehead atoms. The highest BCUT2D eigenvalue weighted by atomic mass is 127. The Hall–Kier alpha value is -2.16. The van der Waals surface area contributed by atoms with Crippen LogP contribution in [0.1, 0.15) is 18.1 Å². The van der Waals surface area contributed by atoms with Crippen molar-refractivity contribution < 1.29 is 14.6 Å². The standard InChI is InChI=1S/C21H29N3O3.HI/c1-4-22-21(24-14-15-27-18-10-8-16(2)9-11-18)23-13-12-17-6-5-7-19(26-3)20(17)25;/h5-11,25H,4,12-15H2,1-3H3,(H2,22,23,24);1H. The molecular weight excluding hydrogens is 469 g/mol. The number of ether oxygens (including phenoxy) is 2. The number of hydrogen-bond acceptors (Lipinski definition) is 4. The quantitative estimate of drug-likeness (QED) is 0.213. The van der Waals surface area contributed by atoms with E-state index in [1.807, 2.05) is 43.3 Å². The number of para-hydroxylation sites is 1. The molecule has 6 nitrogen and oxygen atoms in total. The van der Waals surface area contributed by atoms with E-state index in [-0.39, 0.29) is 29.7 Å². The Kier molecular flexibility index (Phi) is 11.2. The maximum absolute atomic E-state index is 10.1. The van der Waals surface area contributed by atoms with Crippen LogP contribution in [0.5, 0.6) is 17.2 Å². The lowest BCUT2D eigenvalue weighted by Crippen LogP contribution is -2.39. The molecule has 2 rings (SSSR count). The molecule has 0 amide bonds. The van der Waals surface area contributed by atoms with Gasteiger partial charge in [0.25, 0.3) is 0 Å². The topological polar surface area (TPSA) is 75.1 Å². The van der Waals surface area contributed by atoms with Crippen LogP contribution in [-0.2, 0) is 6.42 Å². The van der Waals surface area contributed by atoms with E-state index >= 15 is 0 Å². The van der Waals surface area contributed by atoms with Gasteiger partial charge in [-0.3, -0.25) is 4.99 Å². The number of nitrogens with one attached hydrogen (secondary N) is 2. The van der Waals surface area contributed by atoms with Crippen LogP contribution in [0.3, 0.4) is 0 Å². The van der Waals surface area contributed by atoms with Crippen molar-refractivity contribution in [3.8, 4) is 17.2 Å². The lowest BCUT2D eigenvalue weighted by Gasteiger charge is -2.12. The minimum atomic E-state index is 0. The number of hydrogen-bond donors (Lipinski definition) is 3. The van der Waals surface area contributed by atoms with Gasteiger partial charge in [-0.2, -0.15) is 0 Å². The molecule has 0 saturated heterocycles. The van der Waals surface area contributed by atoms with E-state index in [0.717, 1.165) is 23.8 Å². The van der Waals surface area contributed by atoms with Crippen LogP contribution in [-0.4, -0.2) is 44.4 Å². The molecule has 0 fully saturated rings. The van der Waals surface area contributed by atoms with Crippen molar-refractivity contribution in [3.63, 3.8) is 0 Å². The van der Waals surface area contributed by atoms with E-state index in [4.69, 9.17) is 9.47 Å². The van der Waals surface area contributed by atoms with E-state index in [0.29, 0.717) is 31.9 Å². The van der Waals surface area contributed by atoms with Crippen molar-refractivity contribution in [1.82, 2.24) is 10.6 Å². The number of phenolic OH excluding ortho intramolecular Hbond substituents is 1. The fourth-order valence-electron chi connectivity index (χ4n) is 2.54. The largest absolute Gasteiger partial charge is 0.504 e. The summed E-state index contributed by atoms with van der Waals surface area (Å²) in [6, 6.07) is 13.5. The van der Waals surface area contributed by atoms with Gasteiger partial charge in [-0.15, -0.1) is 24.0 Å². The van der Waals surface area contributed by atoms with Gasteiger partial charge in [-0.1, -0.05) is 29.8 Å². The summed E-state index contributed by atoms with van der Waals surface area (Å²) in [6.45, 7) is 6.59. The number of rotatable bonds is 9. The van der Waals surface area contributed by atoms with Crippen molar-refractivity contribution in [3.05, 3.63) is 53.6 Å². The molecule has 0 aliphatic heterocycles. The molecule has 3 N–H and O–H groups in total.